The first-order chi connectivity index (χ1) is 9.65. The molecule has 1 aliphatic carbocycles. The Morgan fingerprint density at radius 1 is 1.29 bits per heavy atom. The van der Waals surface area contributed by atoms with Gasteiger partial charge in [0.1, 0.15) is 0 Å². The Balaban J connectivity index is 0.00000161. The average Bonchev–Trinajstić information content (AvgIpc) is 3.15. The van der Waals surface area contributed by atoms with Crippen LogP contribution in [0.3, 0.4) is 0 Å². The number of para-hydroxylation sites is 1. The molecule has 4 nitrogen and oxygen atoms in total. The molecule has 1 radical (unpaired) electrons. The van der Waals surface area contributed by atoms with Gasteiger partial charge in [-0.25, -0.2) is 0 Å². The first kappa shape index (κ1) is 16.4. The molecule has 0 bridgehead atoms. The summed E-state index contributed by atoms with van der Waals surface area (Å²) in [4.78, 5) is 12.2. The topological polar surface area (TPSA) is 37.9 Å². The zero-order chi connectivity index (χ0) is 14.1. The van der Waals surface area contributed by atoms with Gasteiger partial charge in [-0.1, -0.05) is 18.2 Å². The molecule has 0 spiro atoms. The third-order valence-electron chi connectivity index (χ3n) is 3.77. The zero-order valence-electron chi connectivity index (χ0n) is 12.5. The van der Waals surface area contributed by atoms with Crippen molar-refractivity contribution in [3.8, 4) is 0 Å². The molecule has 21 heavy (non-hydrogen) atoms. The second-order valence-corrected chi connectivity index (χ2v) is 5.51. The van der Waals surface area contributed by atoms with E-state index >= 15 is 0 Å². The third kappa shape index (κ3) is 3.80. The predicted octanol–water partition coefficient (Wildman–Crippen LogP) is 2.36. The molecule has 0 atom stereocenters. The number of carbonyl (C=O) groups excluding carboxylic acids is 1. The van der Waals surface area contributed by atoms with Crippen LogP contribution in [-0.4, -0.2) is 10.6 Å². The van der Waals surface area contributed by atoms with Gasteiger partial charge in [-0.15, -0.1) is 4.68 Å². The van der Waals surface area contributed by atoms with Crippen LogP contribution in [-0.2, 0) is 44.0 Å². The number of nitrogens with zero attached hydrogens (tertiary/aromatic N) is 2. The largest absolute Gasteiger partial charge is 0.320 e. The molecule has 1 aromatic heterocycles. The van der Waals surface area contributed by atoms with Gasteiger partial charge in [-0.3, -0.25) is 4.79 Å². The quantitative estimate of drug-likeness (QED) is 0.837. The SMILES string of the molecule is Cc1cccc(C)c1NC(=O)C[n+]1cccn1C1CC1.[Y]. The van der Waals surface area contributed by atoms with Crippen LogP contribution in [0.15, 0.2) is 36.7 Å². The van der Waals surface area contributed by atoms with Gasteiger partial charge in [0.15, 0.2) is 6.20 Å². The van der Waals surface area contributed by atoms with Gasteiger partial charge in [-0.2, -0.15) is 4.68 Å². The van der Waals surface area contributed by atoms with E-state index in [1.165, 1.54) is 12.8 Å². The fourth-order valence-electron chi connectivity index (χ4n) is 2.53. The summed E-state index contributed by atoms with van der Waals surface area (Å²) >= 11 is 0. The van der Waals surface area contributed by atoms with Gasteiger partial charge in [0, 0.05) is 44.5 Å². The molecule has 1 saturated carbocycles. The third-order valence-corrected chi connectivity index (χ3v) is 3.77. The minimum absolute atomic E-state index is 0. The first-order valence-corrected chi connectivity index (χ1v) is 7.08. The fourth-order valence-corrected chi connectivity index (χ4v) is 2.53. The minimum Gasteiger partial charge on any atom is -0.320 e. The Hall–Kier alpha value is -0.996. The van der Waals surface area contributed by atoms with Gasteiger partial charge in [0.05, 0.1) is 12.2 Å². The number of hydrogen-bond acceptors (Lipinski definition) is 1. The van der Waals surface area contributed by atoms with Crippen molar-refractivity contribution in [1.82, 2.24) is 4.68 Å². The normalized spacial score (nSPS) is 13.6. The maximum atomic E-state index is 12.2. The number of carbonyl (C=O) groups is 1. The second-order valence-electron chi connectivity index (χ2n) is 5.51. The van der Waals surface area contributed by atoms with Crippen molar-refractivity contribution >= 4 is 11.6 Å². The number of rotatable bonds is 4. The maximum absolute atomic E-state index is 12.2. The standard InChI is InChI=1S/C16H19N3O.Y/c1-12-5-3-6-13(2)16(12)17-15(20)11-18-9-4-10-19(18)14-7-8-14;/h3-6,9-10,14H,7-8,11H2,1-2H3;/p+1. The number of hydrogen-bond donors (Lipinski definition) is 1. The number of aromatic nitrogens is 2. The Morgan fingerprint density at radius 3 is 2.57 bits per heavy atom. The minimum atomic E-state index is 0. The maximum Gasteiger partial charge on any atom is 0.292 e. The van der Waals surface area contributed by atoms with Crippen LogP contribution in [0.4, 0.5) is 5.69 Å². The number of benzene rings is 1. The molecule has 3 rings (SSSR count). The van der Waals surface area contributed by atoms with Crippen molar-refractivity contribution in [3.05, 3.63) is 47.8 Å². The summed E-state index contributed by atoms with van der Waals surface area (Å²) in [5.41, 5.74) is 3.13. The Kier molecular flexibility index (Phi) is 5.34. The predicted molar refractivity (Wildman–Crippen MR) is 77.4 cm³/mol. The average molecular weight is 359 g/mol. The zero-order valence-corrected chi connectivity index (χ0v) is 15.4. The van der Waals surface area contributed by atoms with E-state index in [-0.39, 0.29) is 38.6 Å². The van der Waals surface area contributed by atoms with E-state index in [2.05, 4.69) is 10.00 Å². The van der Waals surface area contributed by atoms with E-state index in [9.17, 15) is 4.79 Å². The van der Waals surface area contributed by atoms with Crippen LogP contribution in [0, 0.1) is 13.8 Å². The van der Waals surface area contributed by atoms with Crippen LogP contribution in [0.2, 0.25) is 0 Å². The van der Waals surface area contributed by atoms with Crippen LogP contribution in [0.5, 0.6) is 0 Å². The van der Waals surface area contributed by atoms with Crippen LogP contribution in [0.25, 0.3) is 0 Å². The Bertz CT molecular complexity index is 626. The van der Waals surface area contributed by atoms with Crippen molar-refractivity contribution in [2.75, 3.05) is 5.32 Å². The van der Waals surface area contributed by atoms with Crippen molar-refractivity contribution in [2.24, 2.45) is 0 Å². The molecule has 2 aromatic rings. The van der Waals surface area contributed by atoms with E-state index < -0.39 is 0 Å². The van der Waals surface area contributed by atoms with E-state index in [1.54, 1.807) is 0 Å². The summed E-state index contributed by atoms with van der Waals surface area (Å²) in [6.45, 7) is 4.39. The molecule has 0 aliphatic heterocycles. The molecule has 5 heteroatoms. The molecular weight excluding hydrogens is 339 g/mol. The fraction of sp³-hybridized carbons (Fsp3) is 0.375. The van der Waals surface area contributed by atoms with Gasteiger partial charge in [0.25, 0.3) is 5.91 Å². The molecule has 1 amide bonds. The molecule has 1 aliphatic rings. The smallest absolute Gasteiger partial charge is 0.292 e. The van der Waals surface area contributed by atoms with Gasteiger partial charge in [0.2, 0.25) is 6.54 Å². The number of nitrogens with one attached hydrogen (secondary N) is 1. The van der Waals surface area contributed by atoms with E-state index in [0.717, 1.165) is 16.8 Å². The summed E-state index contributed by atoms with van der Waals surface area (Å²) in [6.07, 6.45) is 6.44. The molecular formula is C16H20N3OY+. The van der Waals surface area contributed by atoms with Crippen LogP contribution < -0.4 is 10.00 Å². The summed E-state index contributed by atoms with van der Waals surface area (Å²) in [5, 5.41) is 3.03. The second kappa shape index (κ2) is 6.84. The summed E-state index contributed by atoms with van der Waals surface area (Å²) in [7, 11) is 0. The van der Waals surface area contributed by atoms with E-state index in [4.69, 9.17) is 0 Å². The van der Waals surface area contributed by atoms with Crippen molar-refractivity contribution in [3.63, 3.8) is 0 Å². The number of aryl methyl sites for hydroxylation is 2. The molecule has 1 N–H and O–H groups in total. The van der Waals surface area contributed by atoms with Crippen molar-refractivity contribution < 1.29 is 42.2 Å². The monoisotopic (exact) mass is 359 g/mol. The molecule has 0 unspecified atom stereocenters. The molecule has 1 heterocycles. The summed E-state index contributed by atoms with van der Waals surface area (Å²) in [5.74, 6) is 0.0213. The molecule has 0 saturated heterocycles. The van der Waals surface area contributed by atoms with Crippen molar-refractivity contribution in [1.29, 1.82) is 0 Å². The molecule has 107 valence electrons. The molecule has 1 fully saturated rings. The summed E-state index contributed by atoms with van der Waals surface area (Å²) < 4.78 is 4.14. The van der Waals surface area contributed by atoms with Gasteiger partial charge in [-0.05, 0) is 37.8 Å². The number of anilines is 1. The Labute approximate surface area is 150 Å². The summed E-state index contributed by atoms with van der Waals surface area (Å²) in [6, 6.07) is 8.61. The Morgan fingerprint density at radius 2 is 1.95 bits per heavy atom. The first-order valence-electron chi connectivity index (χ1n) is 7.08. The number of amides is 1. The van der Waals surface area contributed by atoms with Gasteiger partial charge >= 0.3 is 0 Å². The molecule has 1 aromatic carbocycles. The van der Waals surface area contributed by atoms with Crippen molar-refractivity contribution in [2.45, 2.75) is 39.3 Å². The van der Waals surface area contributed by atoms with Gasteiger partial charge < -0.3 is 5.32 Å². The van der Waals surface area contributed by atoms with Crippen LogP contribution in [0.1, 0.15) is 30.0 Å². The van der Waals surface area contributed by atoms with E-state index in [0.29, 0.717) is 12.6 Å². The van der Waals surface area contributed by atoms with E-state index in [1.807, 2.05) is 55.2 Å². The van der Waals surface area contributed by atoms with Crippen LogP contribution >= 0.6 is 0 Å².